The average molecular weight is 238 g/mol. The van der Waals surface area contributed by atoms with Gasteiger partial charge in [0.25, 0.3) is 5.91 Å². The van der Waals surface area contributed by atoms with E-state index < -0.39 is 0 Å². The molecule has 0 bridgehead atoms. The van der Waals surface area contributed by atoms with Gasteiger partial charge in [-0.05, 0) is 18.4 Å². The average Bonchev–Trinajstić information content (AvgIpc) is 3.02. The SMILES string of the molecule is NC/C(=C\F)Cn1cc(C(=O)NC2CC2)cn1. The minimum absolute atomic E-state index is 0.128. The van der Waals surface area contributed by atoms with Crippen LogP contribution in [0.25, 0.3) is 0 Å². The summed E-state index contributed by atoms with van der Waals surface area (Å²) in [4.78, 5) is 11.7. The van der Waals surface area contributed by atoms with Crippen LogP contribution >= 0.6 is 0 Å². The van der Waals surface area contributed by atoms with Crippen LogP contribution in [0.5, 0.6) is 0 Å². The van der Waals surface area contributed by atoms with Gasteiger partial charge < -0.3 is 11.1 Å². The fourth-order valence-corrected chi connectivity index (χ4v) is 1.42. The van der Waals surface area contributed by atoms with Crippen molar-refractivity contribution in [2.24, 2.45) is 5.73 Å². The molecule has 0 saturated heterocycles. The zero-order chi connectivity index (χ0) is 12.3. The fourth-order valence-electron chi connectivity index (χ4n) is 1.42. The summed E-state index contributed by atoms with van der Waals surface area (Å²) < 4.78 is 13.8. The molecule has 1 amide bonds. The summed E-state index contributed by atoms with van der Waals surface area (Å²) in [6.07, 6.45) is 5.64. The lowest BCUT2D eigenvalue weighted by Crippen LogP contribution is -2.24. The van der Waals surface area contributed by atoms with Crippen LogP contribution in [0.2, 0.25) is 0 Å². The lowest BCUT2D eigenvalue weighted by atomic mass is 10.3. The second-order valence-corrected chi connectivity index (χ2v) is 4.15. The van der Waals surface area contributed by atoms with Gasteiger partial charge in [-0.1, -0.05) is 0 Å². The number of hydrogen-bond donors (Lipinski definition) is 2. The molecule has 2 rings (SSSR count). The van der Waals surface area contributed by atoms with Crippen molar-refractivity contribution in [3.8, 4) is 0 Å². The molecule has 0 unspecified atom stereocenters. The Morgan fingerprint density at radius 2 is 2.47 bits per heavy atom. The van der Waals surface area contributed by atoms with Crippen LogP contribution in [0.4, 0.5) is 4.39 Å². The maximum Gasteiger partial charge on any atom is 0.254 e. The first-order valence-electron chi connectivity index (χ1n) is 5.54. The second-order valence-electron chi connectivity index (χ2n) is 4.15. The smallest absolute Gasteiger partial charge is 0.254 e. The first kappa shape index (κ1) is 11.8. The first-order valence-corrected chi connectivity index (χ1v) is 5.54. The van der Waals surface area contributed by atoms with Crippen LogP contribution in [0.1, 0.15) is 23.2 Å². The van der Waals surface area contributed by atoms with Crippen LogP contribution in [-0.4, -0.2) is 28.3 Å². The quantitative estimate of drug-likeness (QED) is 0.788. The summed E-state index contributed by atoms with van der Waals surface area (Å²) >= 11 is 0. The lowest BCUT2D eigenvalue weighted by molar-refractivity contribution is 0.0951. The predicted molar refractivity (Wildman–Crippen MR) is 61.0 cm³/mol. The van der Waals surface area contributed by atoms with Crippen LogP contribution in [0, 0.1) is 0 Å². The Labute approximate surface area is 98.5 Å². The van der Waals surface area contributed by atoms with Crippen LogP contribution in [0.15, 0.2) is 24.3 Å². The van der Waals surface area contributed by atoms with Crippen molar-refractivity contribution in [3.05, 3.63) is 29.9 Å². The predicted octanol–water partition coefficient (Wildman–Crippen LogP) is 0.587. The highest BCUT2D eigenvalue weighted by atomic mass is 19.1. The second kappa shape index (κ2) is 5.09. The zero-order valence-electron chi connectivity index (χ0n) is 9.40. The highest BCUT2D eigenvalue weighted by Crippen LogP contribution is 2.19. The molecule has 92 valence electrons. The number of nitrogens with one attached hydrogen (secondary N) is 1. The Hall–Kier alpha value is -1.69. The summed E-state index contributed by atoms with van der Waals surface area (Å²) in [5.41, 5.74) is 6.27. The van der Waals surface area contributed by atoms with E-state index in [1.54, 1.807) is 6.20 Å². The van der Waals surface area contributed by atoms with Crippen molar-refractivity contribution in [1.29, 1.82) is 0 Å². The van der Waals surface area contributed by atoms with Gasteiger partial charge in [0.1, 0.15) is 0 Å². The largest absolute Gasteiger partial charge is 0.349 e. The number of rotatable bonds is 5. The Balaban J connectivity index is 1.97. The van der Waals surface area contributed by atoms with Crippen molar-refractivity contribution >= 4 is 5.91 Å². The standard InChI is InChI=1S/C11H15FN4O/c12-3-8(4-13)6-16-7-9(5-14-16)11(17)15-10-1-2-10/h3,5,7,10H,1-2,4,6,13H2,(H,15,17)/b8-3+. The molecule has 6 heteroatoms. The topological polar surface area (TPSA) is 72.9 Å². The Morgan fingerprint density at radius 3 is 3.06 bits per heavy atom. The normalized spacial score (nSPS) is 16.0. The molecular formula is C11H15FN4O. The number of nitrogens with zero attached hydrogens (tertiary/aromatic N) is 2. The number of amides is 1. The van der Waals surface area contributed by atoms with E-state index in [4.69, 9.17) is 5.73 Å². The van der Waals surface area contributed by atoms with Gasteiger partial charge in [0.05, 0.1) is 24.6 Å². The minimum Gasteiger partial charge on any atom is -0.349 e. The minimum atomic E-state index is -0.128. The van der Waals surface area contributed by atoms with E-state index in [1.807, 2.05) is 0 Å². The summed E-state index contributed by atoms with van der Waals surface area (Å²) in [6.45, 7) is 0.406. The third kappa shape index (κ3) is 3.13. The van der Waals surface area contributed by atoms with E-state index in [1.165, 1.54) is 10.9 Å². The van der Waals surface area contributed by atoms with E-state index in [9.17, 15) is 9.18 Å². The van der Waals surface area contributed by atoms with E-state index in [2.05, 4.69) is 10.4 Å². The molecule has 5 nitrogen and oxygen atoms in total. The number of nitrogens with two attached hydrogens (primary N) is 1. The summed E-state index contributed by atoms with van der Waals surface area (Å²) in [6, 6.07) is 0.316. The Bertz CT molecular complexity index is 436. The molecule has 1 fully saturated rings. The van der Waals surface area contributed by atoms with E-state index >= 15 is 0 Å². The molecule has 3 N–H and O–H groups in total. The molecule has 1 aliphatic carbocycles. The van der Waals surface area contributed by atoms with Crippen molar-refractivity contribution in [3.63, 3.8) is 0 Å². The molecule has 0 radical (unpaired) electrons. The van der Waals surface area contributed by atoms with Gasteiger partial charge in [-0.15, -0.1) is 0 Å². The number of aromatic nitrogens is 2. The Morgan fingerprint density at radius 1 is 1.71 bits per heavy atom. The van der Waals surface area contributed by atoms with Crippen molar-refractivity contribution in [2.45, 2.75) is 25.4 Å². The van der Waals surface area contributed by atoms with Crippen molar-refractivity contribution < 1.29 is 9.18 Å². The van der Waals surface area contributed by atoms with Gasteiger partial charge in [-0.2, -0.15) is 5.10 Å². The zero-order valence-corrected chi connectivity index (χ0v) is 9.40. The summed E-state index contributed by atoms with van der Waals surface area (Å²) in [7, 11) is 0. The van der Waals surface area contributed by atoms with Crippen LogP contribution in [-0.2, 0) is 6.54 Å². The molecule has 1 aromatic heterocycles. The van der Waals surface area contributed by atoms with Crippen LogP contribution in [0.3, 0.4) is 0 Å². The molecule has 0 aromatic carbocycles. The van der Waals surface area contributed by atoms with Gasteiger partial charge >= 0.3 is 0 Å². The summed E-state index contributed by atoms with van der Waals surface area (Å²) in [5, 5.41) is 6.85. The van der Waals surface area contributed by atoms with E-state index in [0.29, 0.717) is 23.5 Å². The molecule has 17 heavy (non-hydrogen) atoms. The van der Waals surface area contributed by atoms with Crippen molar-refractivity contribution in [2.75, 3.05) is 6.54 Å². The maximum absolute atomic E-state index is 12.3. The lowest BCUT2D eigenvalue weighted by Gasteiger charge is -2.02. The monoisotopic (exact) mass is 238 g/mol. The van der Waals surface area contributed by atoms with Gasteiger partial charge in [0.15, 0.2) is 0 Å². The number of halogens is 1. The van der Waals surface area contributed by atoms with Gasteiger partial charge in [0, 0.05) is 18.8 Å². The van der Waals surface area contributed by atoms with Gasteiger partial charge in [-0.3, -0.25) is 9.48 Å². The third-order valence-corrected chi connectivity index (χ3v) is 2.59. The first-order chi connectivity index (χ1) is 8.22. The molecular weight excluding hydrogens is 223 g/mol. The third-order valence-electron chi connectivity index (χ3n) is 2.59. The molecule has 0 aliphatic heterocycles. The highest BCUT2D eigenvalue weighted by molar-refractivity contribution is 5.94. The Kier molecular flexibility index (Phi) is 3.53. The molecule has 1 saturated carbocycles. The summed E-state index contributed by atoms with van der Waals surface area (Å²) in [5.74, 6) is -0.128. The molecule has 1 aromatic rings. The van der Waals surface area contributed by atoms with Crippen molar-refractivity contribution in [1.82, 2.24) is 15.1 Å². The molecule has 1 heterocycles. The number of carbonyl (C=O) groups is 1. The van der Waals surface area contributed by atoms with E-state index in [0.717, 1.165) is 12.8 Å². The number of carbonyl (C=O) groups excluding carboxylic acids is 1. The number of hydrogen-bond acceptors (Lipinski definition) is 3. The maximum atomic E-state index is 12.3. The van der Waals surface area contributed by atoms with E-state index in [-0.39, 0.29) is 19.0 Å². The fraction of sp³-hybridized carbons (Fsp3) is 0.455. The highest BCUT2D eigenvalue weighted by Gasteiger charge is 2.24. The van der Waals surface area contributed by atoms with Crippen LogP contribution < -0.4 is 11.1 Å². The molecule has 0 atom stereocenters. The molecule has 1 aliphatic rings. The van der Waals surface area contributed by atoms with Gasteiger partial charge in [-0.25, -0.2) is 4.39 Å². The molecule has 0 spiro atoms. The van der Waals surface area contributed by atoms with Gasteiger partial charge in [0.2, 0.25) is 0 Å².